The Morgan fingerprint density at radius 1 is 0.333 bits per heavy atom. The van der Waals surface area contributed by atoms with Crippen molar-refractivity contribution < 1.29 is 4.42 Å². The van der Waals surface area contributed by atoms with Gasteiger partial charge < -0.3 is 4.42 Å². The van der Waals surface area contributed by atoms with Gasteiger partial charge >= 0.3 is 0 Å². The molecule has 0 amide bonds. The Labute approximate surface area is 295 Å². The summed E-state index contributed by atoms with van der Waals surface area (Å²) < 4.78 is 6.36. The molecule has 0 aliphatic rings. The third-order valence-corrected chi connectivity index (χ3v) is 9.89. The quantitative estimate of drug-likeness (QED) is 0.186. The van der Waals surface area contributed by atoms with Crippen LogP contribution in [0.3, 0.4) is 0 Å². The van der Waals surface area contributed by atoms with Crippen molar-refractivity contribution in [2.75, 3.05) is 0 Å². The Morgan fingerprint density at radius 2 is 0.922 bits per heavy atom. The molecule has 0 radical (unpaired) electrons. The lowest BCUT2D eigenvalue weighted by Crippen LogP contribution is -1.97. The number of benzene rings is 8. The zero-order valence-corrected chi connectivity index (χ0v) is 27.6. The number of rotatable bonds is 5. The lowest BCUT2D eigenvalue weighted by atomic mass is 9.93. The molecule has 0 fully saturated rings. The van der Waals surface area contributed by atoms with E-state index >= 15 is 0 Å². The van der Waals surface area contributed by atoms with E-state index < -0.39 is 0 Å². The van der Waals surface area contributed by atoms with Gasteiger partial charge in [0, 0.05) is 33.0 Å². The van der Waals surface area contributed by atoms with Gasteiger partial charge in [0.05, 0.1) is 11.4 Å². The van der Waals surface area contributed by atoms with Crippen LogP contribution in [0, 0.1) is 0 Å². The minimum atomic E-state index is 0.695. The van der Waals surface area contributed by atoms with Crippen LogP contribution in [0.2, 0.25) is 0 Å². The first kappa shape index (κ1) is 29.1. The van der Waals surface area contributed by atoms with Crippen LogP contribution in [0.25, 0.3) is 99.6 Å². The summed E-state index contributed by atoms with van der Waals surface area (Å²) in [7, 11) is 0. The zero-order valence-electron chi connectivity index (χ0n) is 27.6. The smallest absolute Gasteiger partial charge is 0.160 e. The molecule has 8 aromatic carbocycles. The van der Waals surface area contributed by atoms with Crippen molar-refractivity contribution >= 4 is 43.5 Å². The van der Waals surface area contributed by atoms with Gasteiger partial charge in [0.2, 0.25) is 0 Å². The molecule has 10 rings (SSSR count). The maximum atomic E-state index is 6.36. The highest BCUT2D eigenvalue weighted by Gasteiger charge is 2.16. The van der Waals surface area contributed by atoms with E-state index in [4.69, 9.17) is 14.4 Å². The average Bonchev–Trinajstić information content (AvgIpc) is 3.59. The van der Waals surface area contributed by atoms with Gasteiger partial charge in [-0.25, -0.2) is 9.97 Å². The molecule has 2 heterocycles. The monoisotopic (exact) mass is 650 g/mol. The molecule has 0 aliphatic carbocycles. The van der Waals surface area contributed by atoms with E-state index in [1.54, 1.807) is 0 Å². The third-order valence-electron chi connectivity index (χ3n) is 9.89. The molecular formula is C48H30N2O. The third kappa shape index (κ3) is 5.06. The van der Waals surface area contributed by atoms with E-state index in [1.165, 1.54) is 16.5 Å². The van der Waals surface area contributed by atoms with E-state index in [1.807, 2.05) is 18.2 Å². The fourth-order valence-electron chi connectivity index (χ4n) is 7.39. The first-order valence-electron chi connectivity index (χ1n) is 17.2. The predicted octanol–water partition coefficient (Wildman–Crippen LogP) is 13.0. The maximum Gasteiger partial charge on any atom is 0.160 e. The number of nitrogens with zero attached hydrogens (tertiary/aromatic N) is 2. The second-order valence-electron chi connectivity index (χ2n) is 13.0. The molecule has 2 aromatic heterocycles. The van der Waals surface area contributed by atoms with Gasteiger partial charge in [0.1, 0.15) is 11.2 Å². The molecular weight excluding hydrogens is 621 g/mol. The molecule has 51 heavy (non-hydrogen) atoms. The highest BCUT2D eigenvalue weighted by molar-refractivity contribution is 6.10. The Bertz CT molecular complexity index is 2910. The molecule has 0 unspecified atom stereocenters. The molecule has 0 saturated heterocycles. The number of furan rings is 1. The minimum absolute atomic E-state index is 0.695. The van der Waals surface area contributed by atoms with Gasteiger partial charge in [-0.2, -0.15) is 0 Å². The van der Waals surface area contributed by atoms with Crippen molar-refractivity contribution in [3.8, 4) is 56.2 Å². The summed E-state index contributed by atoms with van der Waals surface area (Å²) in [5, 5.41) is 6.90. The Kier molecular flexibility index (Phi) is 6.81. The van der Waals surface area contributed by atoms with Crippen molar-refractivity contribution in [2.24, 2.45) is 0 Å². The van der Waals surface area contributed by atoms with Crippen LogP contribution in [-0.2, 0) is 0 Å². The van der Waals surface area contributed by atoms with Crippen LogP contribution in [0.1, 0.15) is 0 Å². The predicted molar refractivity (Wildman–Crippen MR) is 212 cm³/mol. The first-order valence-corrected chi connectivity index (χ1v) is 17.2. The van der Waals surface area contributed by atoms with Gasteiger partial charge in [0.15, 0.2) is 5.82 Å². The minimum Gasteiger partial charge on any atom is -0.455 e. The molecule has 238 valence electrons. The van der Waals surface area contributed by atoms with Crippen molar-refractivity contribution in [3.63, 3.8) is 0 Å². The van der Waals surface area contributed by atoms with Crippen LogP contribution < -0.4 is 0 Å². The second kappa shape index (κ2) is 11.9. The van der Waals surface area contributed by atoms with E-state index in [2.05, 4.69) is 164 Å². The largest absolute Gasteiger partial charge is 0.455 e. The number of para-hydroxylation sites is 2. The molecule has 10 aromatic rings. The fraction of sp³-hybridized carbons (Fsp3) is 0. The lowest BCUT2D eigenvalue weighted by molar-refractivity contribution is 0.670. The summed E-state index contributed by atoms with van der Waals surface area (Å²) in [6, 6.07) is 63.8. The number of hydrogen-bond acceptors (Lipinski definition) is 3. The van der Waals surface area contributed by atoms with Crippen LogP contribution in [0.15, 0.2) is 186 Å². The van der Waals surface area contributed by atoms with E-state index in [0.717, 1.165) is 77.3 Å². The molecule has 0 saturated carbocycles. The lowest BCUT2D eigenvalue weighted by Gasteiger charge is -2.14. The Balaban J connectivity index is 1.10. The SMILES string of the molecule is c1ccc(-c2cc(-c3ccc(-c4ccccc4)c4ccccc34)nc(-c3ccc4cc(-c5cccc6c5oc5ccccc56)ccc4c3)n2)cc1. The van der Waals surface area contributed by atoms with Gasteiger partial charge in [-0.15, -0.1) is 0 Å². The highest BCUT2D eigenvalue weighted by atomic mass is 16.3. The topological polar surface area (TPSA) is 38.9 Å². The Morgan fingerprint density at radius 3 is 1.71 bits per heavy atom. The number of fused-ring (bicyclic) bond motifs is 5. The molecule has 0 bridgehead atoms. The fourth-order valence-corrected chi connectivity index (χ4v) is 7.39. The van der Waals surface area contributed by atoms with E-state index in [0.29, 0.717) is 5.82 Å². The molecule has 3 nitrogen and oxygen atoms in total. The molecule has 0 N–H and O–H groups in total. The van der Waals surface area contributed by atoms with Crippen molar-refractivity contribution in [3.05, 3.63) is 182 Å². The standard InChI is InChI=1S/C48H30N2O/c1-3-12-31(13-4-1)37-26-27-41(40-17-8-7-16-39(37)40)45-30-44(32-14-5-2-6-15-32)49-48(50-45)36-25-23-33-28-35(24-22-34(33)29-36)38-19-11-20-43-42-18-9-10-21-46(42)51-47(38)43/h1-30H. The summed E-state index contributed by atoms with van der Waals surface area (Å²) in [6.07, 6.45) is 0. The summed E-state index contributed by atoms with van der Waals surface area (Å²) >= 11 is 0. The number of hydrogen-bond donors (Lipinski definition) is 0. The van der Waals surface area contributed by atoms with Gasteiger partial charge in [-0.3, -0.25) is 0 Å². The van der Waals surface area contributed by atoms with Crippen molar-refractivity contribution in [2.45, 2.75) is 0 Å². The molecule has 0 atom stereocenters. The van der Waals surface area contributed by atoms with Crippen molar-refractivity contribution in [1.82, 2.24) is 9.97 Å². The van der Waals surface area contributed by atoms with Gasteiger partial charge in [-0.1, -0.05) is 158 Å². The van der Waals surface area contributed by atoms with Crippen LogP contribution in [0.4, 0.5) is 0 Å². The summed E-state index contributed by atoms with van der Waals surface area (Å²) in [6.45, 7) is 0. The average molecular weight is 651 g/mol. The van der Waals surface area contributed by atoms with Crippen LogP contribution in [-0.4, -0.2) is 9.97 Å². The highest BCUT2D eigenvalue weighted by Crippen LogP contribution is 2.39. The summed E-state index contributed by atoms with van der Waals surface area (Å²) in [5.74, 6) is 0.695. The van der Waals surface area contributed by atoms with E-state index in [-0.39, 0.29) is 0 Å². The summed E-state index contributed by atoms with van der Waals surface area (Å²) in [5.41, 5.74) is 11.3. The van der Waals surface area contributed by atoms with Gasteiger partial charge in [0.25, 0.3) is 0 Å². The van der Waals surface area contributed by atoms with Gasteiger partial charge in [-0.05, 0) is 62.5 Å². The zero-order chi connectivity index (χ0) is 33.7. The summed E-state index contributed by atoms with van der Waals surface area (Å²) in [4.78, 5) is 10.4. The second-order valence-corrected chi connectivity index (χ2v) is 13.0. The van der Waals surface area contributed by atoms with E-state index in [9.17, 15) is 0 Å². The normalized spacial score (nSPS) is 11.5. The van der Waals surface area contributed by atoms with Crippen LogP contribution >= 0.6 is 0 Å². The molecule has 0 aliphatic heterocycles. The maximum absolute atomic E-state index is 6.36. The molecule has 0 spiro atoms. The van der Waals surface area contributed by atoms with Crippen molar-refractivity contribution in [1.29, 1.82) is 0 Å². The first-order chi connectivity index (χ1) is 25.3. The van der Waals surface area contributed by atoms with Crippen LogP contribution in [0.5, 0.6) is 0 Å². The number of aromatic nitrogens is 2. The molecule has 3 heteroatoms. The Hall–Kier alpha value is -6.84.